The van der Waals surface area contributed by atoms with Gasteiger partial charge in [-0.2, -0.15) is 0 Å². The summed E-state index contributed by atoms with van der Waals surface area (Å²) in [4.78, 5) is 15.4. The first-order chi connectivity index (χ1) is 15.5. The number of anilines is 1. The van der Waals surface area contributed by atoms with E-state index in [0.29, 0.717) is 17.2 Å². The molecule has 0 aliphatic carbocycles. The summed E-state index contributed by atoms with van der Waals surface area (Å²) in [6.45, 7) is 6.77. The molecule has 5 nitrogen and oxygen atoms in total. The third-order valence-corrected chi connectivity index (χ3v) is 6.55. The molecular weight excluding hydrogens is 418 g/mol. The van der Waals surface area contributed by atoms with Gasteiger partial charge in [0.15, 0.2) is 0 Å². The van der Waals surface area contributed by atoms with Crippen LogP contribution in [-0.4, -0.2) is 29.8 Å². The number of methoxy groups -OCH3 is 1. The highest BCUT2D eigenvalue weighted by molar-refractivity contribution is 7.18. The van der Waals surface area contributed by atoms with E-state index in [9.17, 15) is 4.79 Å². The highest BCUT2D eigenvalue weighted by Crippen LogP contribution is 2.34. The molecule has 0 radical (unpaired) electrons. The van der Waals surface area contributed by atoms with Crippen LogP contribution >= 0.6 is 11.3 Å². The third kappa shape index (κ3) is 4.23. The molecule has 0 N–H and O–H groups in total. The molecule has 0 bridgehead atoms. The van der Waals surface area contributed by atoms with E-state index in [4.69, 9.17) is 4.74 Å². The van der Waals surface area contributed by atoms with Crippen LogP contribution < -0.4 is 9.64 Å². The van der Waals surface area contributed by atoms with Gasteiger partial charge in [0.05, 0.1) is 7.11 Å². The van der Waals surface area contributed by atoms with Crippen LogP contribution in [0.1, 0.15) is 41.3 Å². The molecule has 0 atom stereocenters. The minimum atomic E-state index is -0.0416. The third-order valence-electron chi connectivity index (χ3n) is 5.56. The number of aryl methyl sites for hydroxylation is 2. The van der Waals surface area contributed by atoms with Gasteiger partial charge in [0.1, 0.15) is 10.8 Å². The zero-order valence-corrected chi connectivity index (χ0v) is 19.7. The van der Waals surface area contributed by atoms with Crippen LogP contribution in [0.15, 0.2) is 54.6 Å². The number of carbonyl (C=O) groups excluding carboxylic acids is 1. The molecule has 164 valence electrons. The average molecular weight is 446 g/mol. The second-order valence-electron chi connectivity index (χ2n) is 7.87. The van der Waals surface area contributed by atoms with Gasteiger partial charge in [0, 0.05) is 17.7 Å². The molecule has 0 aliphatic heterocycles. The number of unbranched alkanes of at least 4 members (excludes halogenated alkanes) is 1. The second kappa shape index (κ2) is 9.49. The molecule has 4 aromatic rings. The van der Waals surface area contributed by atoms with Gasteiger partial charge >= 0.3 is 0 Å². The number of hydrogen-bond donors (Lipinski definition) is 0. The number of hydrogen-bond acceptors (Lipinski definition) is 5. The quantitative estimate of drug-likeness (QED) is 0.329. The average Bonchev–Trinajstić information content (AvgIpc) is 3.28. The van der Waals surface area contributed by atoms with E-state index in [0.717, 1.165) is 51.1 Å². The Balaban J connectivity index is 1.72. The number of rotatable bonds is 7. The Kier molecular flexibility index (Phi) is 6.51. The molecule has 0 saturated heterocycles. The predicted molar refractivity (Wildman–Crippen MR) is 132 cm³/mol. The van der Waals surface area contributed by atoms with Crippen molar-refractivity contribution in [2.45, 2.75) is 33.6 Å². The van der Waals surface area contributed by atoms with Gasteiger partial charge in [-0.05, 0) is 60.4 Å². The molecule has 0 fully saturated rings. The molecule has 6 heteroatoms. The maximum Gasteiger partial charge on any atom is 0.260 e. The maximum absolute atomic E-state index is 13.7. The van der Waals surface area contributed by atoms with Crippen molar-refractivity contribution < 1.29 is 9.53 Å². The van der Waals surface area contributed by atoms with Gasteiger partial charge in [0.2, 0.25) is 5.13 Å². The van der Waals surface area contributed by atoms with Crippen LogP contribution in [0.2, 0.25) is 0 Å². The monoisotopic (exact) mass is 445 g/mol. The van der Waals surface area contributed by atoms with Gasteiger partial charge in [-0.1, -0.05) is 61.1 Å². The van der Waals surface area contributed by atoms with E-state index < -0.39 is 0 Å². The van der Waals surface area contributed by atoms with Crippen molar-refractivity contribution in [3.8, 4) is 16.3 Å². The largest absolute Gasteiger partial charge is 0.496 e. The summed E-state index contributed by atoms with van der Waals surface area (Å²) < 4.78 is 5.48. The lowest BCUT2D eigenvalue weighted by atomic mass is 10.0. The number of amides is 1. The summed E-state index contributed by atoms with van der Waals surface area (Å²) in [5, 5.41) is 12.3. The van der Waals surface area contributed by atoms with Crippen molar-refractivity contribution in [2.75, 3.05) is 18.6 Å². The normalized spacial score (nSPS) is 11.0. The first-order valence-corrected chi connectivity index (χ1v) is 11.6. The number of aromatic nitrogens is 2. The molecule has 0 saturated carbocycles. The summed E-state index contributed by atoms with van der Waals surface area (Å²) in [5.74, 6) is 0.842. The number of nitrogens with zero attached hydrogens (tertiary/aromatic N) is 3. The van der Waals surface area contributed by atoms with Gasteiger partial charge in [-0.15, -0.1) is 10.2 Å². The van der Waals surface area contributed by atoms with Crippen molar-refractivity contribution >= 4 is 33.1 Å². The van der Waals surface area contributed by atoms with E-state index in [1.54, 1.807) is 12.0 Å². The van der Waals surface area contributed by atoms with Gasteiger partial charge in [-0.3, -0.25) is 9.69 Å². The van der Waals surface area contributed by atoms with Crippen molar-refractivity contribution in [1.82, 2.24) is 10.2 Å². The highest BCUT2D eigenvalue weighted by atomic mass is 32.1. The molecule has 0 unspecified atom stereocenters. The van der Waals surface area contributed by atoms with Crippen molar-refractivity contribution in [1.29, 1.82) is 0 Å². The van der Waals surface area contributed by atoms with Gasteiger partial charge in [0.25, 0.3) is 5.91 Å². The second-order valence-corrected chi connectivity index (χ2v) is 8.83. The summed E-state index contributed by atoms with van der Waals surface area (Å²) >= 11 is 1.45. The first-order valence-electron chi connectivity index (χ1n) is 10.8. The smallest absolute Gasteiger partial charge is 0.260 e. The standard InChI is InChI=1S/C26H27N3O2S/c1-5-6-14-29(25(30)22-13-9-11-19-10-7-8-12-21(19)22)26-28-27-24(32-26)20-15-17(2)23(31-4)18(3)16-20/h7-13,15-16H,5-6,14H2,1-4H3. The molecule has 0 spiro atoms. The number of carbonyl (C=O) groups is 1. The van der Waals surface area contributed by atoms with Gasteiger partial charge in [-0.25, -0.2) is 0 Å². The predicted octanol–water partition coefficient (Wildman–Crippen LogP) is 6.43. The lowest BCUT2D eigenvalue weighted by Gasteiger charge is -2.20. The summed E-state index contributed by atoms with van der Waals surface area (Å²) in [6.07, 6.45) is 1.88. The fourth-order valence-corrected chi connectivity index (χ4v) is 4.85. The zero-order chi connectivity index (χ0) is 22.7. The summed E-state index contributed by atoms with van der Waals surface area (Å²) in [6, 6.07) is 17.9. The molecule has 0 aliphatic rings. The Morgan fingerprint density at radius 3 is 2.47 bits per heavy atom. The van der Waals surface area contributed by atoms with Crippen LogP contribution in [0.5, 0.6) is 5.75 Å². The van der Waals surface area contributed by atoms with E-state index in [2.05, 4.69) is 29.3 Å². The molecule has 1 heterocycles. The zero-order valence-electron chi connectivity index (χ0n) is 18.9. The van der Waals surface area contributed by atoms with Crippen LogP contribution in [-0.2, 0) is 0 Å². The molecule has 1 amide bonds. The molecule has 1 aromatic heterocycles. The van der Waals surface area contributed by atoms with Crippen LogP contribution in [0.4, 0.5) is 5.13 Å². The van der Waals surface area contributed by atoms with Crippen molar-refractivity contribution in [3.05, 3.63) is 71.3 Å². The van der Waals surface area contributed by atoms with E-state index in [1.165, 1.54) is 11.3 Å². The number of ether oxygens (including phenoxy) is 1. The summed E-state index contributed by atoms with van der Waals surface area (Å²) in [5.41, 5.74) is 3.77. The minimum absolute atomic E-state index is 0.0416. The number of benzene rings is 3. The van der Waals surface area contributed by atoms with E-state index in [-0.39, 0.29) is 5.91 Å². The van der Waals surface area contributed by atoms with E-state index >= 15 is 0 Å². The van der Waals surface area contributed by atoms with E-state index in [1.807, 2.05) is 56.3 Å². The fraction of sp³-hybridized carbons (Fsp3) is 0.269. The minimum Gasteiger partial charge on any atom is -0.496 e. The fourth-order valence-electron chi connectivity index (χ4n) is 3.99. The Labute approximate surface area is 192 Å². The summed E-state index contributed by atoms with van der Waals surface area (Å²) in [7, 11) is 1.68. The Hall–Kier alpha value is -3.25. The SMILES string of the molecule is CCCCN(C(=O)c1cccc2ccccc12)c1nnc(-c2cc(C)c(OC)c(C)c2)s1. The number of fused-ring (bicyclic) bond motifs is 1. The van der Waals surface area contributed by atoms with Gasteiger partial charge < -0.3 is 4.74 Å². The van der Waals surface area contributed by atoms with Crippen LogP contribution in [0.3, 0.4) is 0 Å². The topological polar surface area (TPSA) is 55.3 Å². The van der Waals surface area contributed by atoms with Crippen molar-refractivity contribution in [3.63, 3.8) is 0 Å². The molecule has 32 heavy (non-hydrogen) atoms. The van der Waals surface area contributed by atoms with Crippen LogP contribution in [0, 0.1) is 13.8 Å². The van der Waals surface area contributed by atoms with Crippen molar-refractivity contribution in [2.24, 2.45) is 0 Å². The molecule has 3 aromatic carbocycles. The Bertz CT molecular complexity index is 1240. The maximum atomic E-state index is 13.7. The Morgan fingerprint density at radius 1 is 1.03 bits per heavy atom. The lowest BCUT2D eigenvalue weighted by Crippen LogP contribution is -2.32. The first kappa shape index (κ1) is 22.0. The molecule has 4 rings (SSSR count). The lowest BCUT2D eigenvalue weighted by molar-refractivity contribution is 0.0988. The highest BCUT2D eigenvalue weighted by Gasteiger charge is 2.23. The Morgan fingerprint density at radius 2 is 1.75 bits per heavy atom. The molecular formula is C26H27N3O2S. The van der Waals surface area contributed by atoms with Crippen LogP contribution in [0.25, 0.3) is 21.3 Å².